The molecular formula is C19H19F2N3O3. The zero-order valence-electron chi connectivity index (χ0n) is 14.8. The molecule has 6 nitrogen and oxygen atoms in total. The van der Waals surface area contributed by atoms with Crippen LogP contribution in [0.4, 0.5) is 14.6 Å². The number of ether oxygens (including phenoxy) is 1. The van der Waals surface area contributed by atoms with Crippen molar-refractivity contribution in [3.8, 4) is 0 Å². The van der Waals surface area contributed by atoms with Gasteiger partial charge in [-0.25, -0.2) is 18.6 Å². The van der Waals surface area contributed by atoms with Crippen LogP contribution in [0.5, 0.6) is 0 Å². The molecule has 0 radical (unpaired) electrons. The van der Waals surface area contributed by atoms with Crippen molar-refractivity contribution in [3.63, 3.8) is 0 Å². The van der Waals surface area contributed by atoms with Crippen LogP contribution in [0.15, 0.2) is 36.5 Å². The van der Waals surface area contributed by atoms with Gasteiger partial charge in [-0.05, 0) is 31.2 Å². The lowest BCUT2D eigenvalue weighted by atomic mass is 10.1. The quantitative estimate of drug-likeness (QED) is 0.769. The Bertz CT molecular complexity index is 835. The van der Waals surface area contributed by atoms with Crippen LogP contribution in [-0.4, -0.2) is 54.5 Å². The fourth-order valence-corrected chi connectivity index (χ4v) is 2.88. The maximum absolute atomic E-state index is 13.8. The second-order valence-corrected chi connectivity index (χ2v) is 6.03. The largest absolute Gasteiger partial charge is 0.462 e. The average Bonchev–Trinajstić information content (AvgIpc) is 2.68. The third-order valence-corrected chi connectivity index (χ3v) is 4.31. The van der Waals surface area contributed by atoms with E-state index in [1.54, 1.807) is 19.1 Å². The van der Waals surface area contributed by atoms with E-state index in [2.05, 4.69) is 4.98 Å². The number of halogens is 2. The first-order valence-corrected chi connectivity index (χ1v) is 8.62. The molecule has 0 atom stereocenters. The van der Waals surface area contributed by atoms with E-state index in [1.807, 2.05) is 4.90 Å². The van der Waals surface area contributed by atoms with Gasteiger partial charge < -0.3 is 14.5 Å². The number of rotatable bonds is 4. The number of nitrogens with zero attached hydrogens (tertiary/aromatic N) is 3. The molecule has 1 aliphatic rings. The third kappa shape index (κ3) is 4.21. The molecule has 1 saturated heterocycles. The number of piperazine rings is 1. The molecule has 142 valence electrons. The summed E-state index contributed by atoms with van der Waals surface area (Å²) in [5.41, 5.74) is 0.239. The summed E-state index contributed by atoms with van der Waals surface area (Å²) in [5.74, 6) is -1.78. The molecule has 2 heterocycles. The van der Waals surface area contributed by atoms with E-state index in [0.29, 0.717) is 50.2 Å². The molecule has 2 aromatic rings. The van der Waals surface area contributed by atoms with Gasteiger partial charge in [0.05, 0.1) is 17.7 Å². The van der Waals surface area contributed by atoms with Gasteiger partial charge in [-0.2, -0.15) is 0 Å². The van der Waals surface area contributed by atoms with Crippen LogP contribution in [-0.2, 0) is 4.74 Å². The summed E-state index contributed by atoms with van der Waals surface area (Å²) in [6.07, 6.45) is 1.46. The Morgan fingerprint density at radius 1 is 1.11 bits per heavy atom. The number of pyridine rings is 1. The first-order valence-electron chi connectivity index (χ1n) is 8.62. The van der Waals surface area contributed by atoms with Crippen molar-refractivity contribution < 1.29 is 23.1 Å². The zero-order chi connectivity index (χ0) is 19.4. The summed E-state index contributed by atoms with van der Waals surface area (Å²) in [6.45, 7) is 3.83. The van der Waals surface area contributed by atoms with Gasteiger partial charge in [0.1, 0.15) is 17.5 Å². The second kappa shape index (κ2) is 8.11. The normalized spacial score (nSPS) is 14.2. The van der Waals surface area contributed by atoms with Crippen LogP contribution in [0.1, 0.15) is 27.6 Å². The van der Waals surface area contributed by atoms with Gasteiger partial charge >= 0.3 is 5.97 Å². The van der Waals surface area contributed by atoms with Gasteiger partial charge in [-0.3, -0.25) is 4.79 Å². The van der Waals surface area contributed by atoms with Crippen LogP contribution >= 0.6 is 0 Å². The predicted molar refractivity (Wildman–Crippen MR) is 94.7 cm³/mol. The topological polar surface area (TPSA) is 62.7 Å². The number of amides is 1. The predicted octanol–water partition coefficient (Wildman–Crippen LogP) is 2.50. The van der Waals surface area contributed by atoms with Crippen molar-refractivity contribution >= 4 is 17.7 Å². The van der Waals surface area contributed by atoms with Gasteiger partial charge in [0.15, 0.2) is 0 Å². The van der Waals surface area contributed by atoms with Crippen molar-refractivity contribution in [2.45, 2.75) is 6.92 Å². The number of carbonyl (C=O) groups excluding carboxylic acids is 2. The van der Waals surface area contributed by atoms with E-state index in [4.69, 9.17) is 4.74 Å². The Morgan fingerprint density at radius 2 is 1.85 bits per heavy atom. The van der Waals surface area contributed by atoms with E-state index in [9.17, 15) is 18.4 Å². The standard InChI is InChI=1S/C19H19F2N3O3/c1-2-27-19(26)13-3-6-17(22-12-13)23-7-9-24(10-8-23)18(25)15-5-4-14(20)11-16(15)21/h3-6,11-12H,2,7-10H2,1H3. The van der Waals surface area contributed by atoms with E-state index in [-0.39, 0.29) is 5.56 Å². The van der Waals surface area contributed by atoms with Crippen molar-refractivity contribution in [3.05, 3.63) is 59.3 Å². The van der Waals surface area contributed by atoms with Gasteiger partial charge in [0.25, 0.3) is 5.91 Å². The number of hydrogen-bond donors (Lipinski definition) is 0. The Balaban J connectivity index is 1.61. The van der Waals surface area contributed by atoms with E-state index in [0.717, 1.165) is 12.1 Å². The summed E-state index contributed by atoms with van der Waals surface area (Å²) >= 11 is 0. The molecule has 1 aliphatic heterocycles. The molecule has 27 heavy (non-hydrogen) atoms. The SMILES string of the molecule is CCOC(=O)c1ccc(N2CCN(C(=O)c3ccc(F)cc3F)CC2)nc1. The highest BCUT2D eigenvalue weighted by Crippen LogP contribution is 2.17. The van der Waals surface area contributed by atoms with E-state index < -0.39 is 23.5 Å². The van der Waals surface area contributed by atoms with Gasteiger partial charge in [-0.15, -0.1) is 0 Å². The number of anilines is 1. The minimum Gasteiger partial charge on any atom is -0.462 e. The molecule has 8 heteroatoms. The van der Waals surface area contributed by atoms with Crippen molar-refractivity contribution in [1.29, 1.82) is 0 Å². The molecule has 0 aliphatic carbocycles. The van der Waals surface area contributed by atoms with Crippen LogP contribution in [0.2, 0.25) is 0 Å². The fraction of sp³-hybridized carbons (Fsp3) is 0.316. The highest BCUT2D eigenvalue weighted by atomic mass is 19.1. The Kier molecular flexibility index (Phi) is 5.63. The van der Waals surface area contributed by atoms with Gasteiger partial charge in [0, 0.05) is 38.4 Å². The molecule has 1 aromatic carbocycles. The molecular weight excluding hydrogens is 356 g/mol. The Morgan fingerprint density at radius 3 is 2.44 bits per heavy atom. The average molecular weight is 375 g/mol. The van der Waals surface area contributed by atoms with Crippen LogP contribution < -0.4 is 4.90 Å². The first-order chi connectivity index (χ1) is 13.0. The first kappa shape index (κ1) is 18.8. The number of aromatic nitrogens is 1. The lowest BCUT2D eigenvalue weighted by molar-refractivity contribution is 0.0525. The van der Waals surface area contributed by atoms with Gasteiger partial charge in [-0.1, -0.05) is 0 Å². The van der Waals surface area contributed by atoms with Crippen LogP contribution in [0.25, 0.3) is 0 Å². The lowest BCUT2D eigenvalue weighted by Gasteiger charge is -2.35. The van der Waals surface area contributed by atoms with Crippen molar-refractivity contribution in [2.75, 3.05) is 37.7 Å². The molecule has 1 aromatic heterocycles. The molecule has 0 bridgehead atoms. The minimum absolute atomic E-state index is 0.137. The van der Waals surface area contributed by atoms with Crippen molar-refractivity contribution in [2.24, 2.45) is 0 Å². The maximum Gasteiger partial charge on any atom is 0.339 e. The summed E-state index contributed by atoms with van der Waals surface area (Å²) in [6, 6.07) is 6.31. The molecule has 0 saturated carbocycles. The van der Waals surface area contributed by atoms with Gasteiger partial charge in [0.2, 0.25) is 0 Å². The summed E-state index contributed by atoms with van der Waals surface area (Å²) in [4.78, 5) is 31.9. The van der Waals surface area contributed by atoms with E-state index in [1.165, 1.54) is 11.1 Å². The second-order valence-electron chi connectivity index (χ2n) is 6.03. The zero-order valence-corrected chi connectivity index (χ0v) is 14.8. The van der Waals surface area contributed by atoms with Crippen LogP contribution in [0.3, 0.4) is 0 Å². The molecule has 3 rings (SSSR count). The fourth-order valence-electron chi connectivity index (χ4n) is 2.88. The Hall–Kier alpha value is -3.03. The Labute approximate surface area is 155 Å². The maximum atomic E-state index is 13.8. The summed E-state index contributed by atoms with van der Waals surface area (Å²) < 4.78 is 31.7. The number of carbonyl (C=O) groups is 2. The summed E-state index contributed by atoms with van der Waals surface area (Å²) in [5, 5.41) is 0. The van der Waals surface area contributed by atoms with E-state index >= 15 is 0 Å². The monoisotopic (exact) mass is 375 g/mol. The number of benzene rings is 1. The smallest absolute Gasteiger partial charge is 0.339 e. The molecule has 0 N–H and O–H groups in total. The van der Waals surface area contributed by atoms with Crippen molar-refractivity contribution in [1.82, 2.24) is 9.88 Å². The lowest BCUT2D eigenvalue weighted by Crippen LogP contribution is -2.49. The molecule has 1 fully saturated rings. The molecule has 0 unspecified atom stereocenters. The van der Waals surface area contributed by atoms with Crippen LogP contribution in [0, 0.1) is 11.6 Å². The molecule has 1 amide bonds. The highest BCUT2D eigenvalue weighted by molar-refractivity contribution is 5.94. The third-order valence-electron chi connectivity index (χ3n) is 4.31. The minimum atomic E-state index is -0.862. The number of hydrogen-bond acceptors (Lipinski definition) is 5. The number of esters is 1. The highest BCUT2D eigenvalue weighted by Gasteiger charge is 2.25. The summed E-state index contributed by atoms with van der Waals surface area (Å²) in [7, 11) is 0. The molecule has 0 spiro atoms.